The Balaban J connectivity index is 0.000000201. The summed E-state index contributed by atoms with van der Waals surface area (Å²) in [4.78, 5) is 14.0. The van der Waals surface area contributed by atoms with Crippen molar-refractivity contribution >= 4 is 48.6 Å². The maximum atomic E-state index is 8.55. The Kier molecular flexibility index (Phi) is 9.78. The van der Waals surface area contributed by atoms with Crippen molar-refractivity contribution < 1.29 is 33.1 Å². The van der Waals surface area contributed by atoms with Gasteiger partial charge in [-0.2, -0.15) is 0 Å². The van der Waals surface area contributed by atoms with Gasteiger partial charge >= 0.3 is 0 Å². The van der Waals surface area contributed by atoms with Crippen molar-refractivity contribution in [3.05, 3.63) is 115 Å². The predicted molar refractivity (Wildman–Crippen MR) is 209 cm³/mol. The fourth-order valence-corrected chi connectivity index (χ4v) is 7.29. The zero-order valence-electron chi connectivity index (χ0n) is 33.2. The number of aromatic nitrogens is 3. The van der Waals surface area contributed by atoms with Gasteiger partial charge in [0.05, 0.1) is 20.3 Å². The molecule has 4 aromatic heterocycles. The molecule has 0 aliphatic heterocycles. The van der Waals surface area contributed by atoms with Crippen LogP contribution in [0, 0.1) is 17.5 Å². The maximum Gasteiger partial charge on any atom is 0.218 e. The van der Waals surface area contributed by atoms with Crippen molar-refractivity contribution in [2.24, 2.45) is 5.41 Å². The van der Waals surface area contributed by atoms with E-state index in [1.807, 2.05) is 93.9 Å². The van der Waals surface area contributed by atoms with Crippen LogP contribution in [-0.2, 0) is 26.5 Å². The van der Waals surface area contributed by atoms with Crippen LogP contribution in [0.2, 0.25) is 39.3 Å². The summed E-state index contributed by atoms with van der Waals surface area (Å²) in [7, 11) is -3.00. The third-order valence-electron chi connectivity index (χ3n) is 8.03. The standard InChI is InChI=1S/C22H20NO.C20H25N2OSi2.Ir/c1-22(2,3)14-15-11-12-23-19(13-15)18-9-6-8-17-16-7-4-5-10-20(16)24-21(17)18;1-24(2,3)16-12-17(20-22-18(14-23-20)25(4,5)6)19(21-13-16)15-10-8-7-9-11-15;/h4-8,10-13H,14H2,1-3H3;7-10,12-14H,1-6H3;/q2*-1;/i11D,14D2;;. The zero-order chi connectivity index (χ0) is 37.6. The average molecular weight is 875 g/mol. The molecule has 8 heteroatoms. The number of rotatable bonds is 6. The molecule has 0 aliphatic rings. The van der Waals surface area contributed by atoms with E-state index in [2.05, 4.69) is 62.5 Å². The van der Waals surface area contributed by atoms with Crippen LogP contribution < -0.4 is 10.5 Å². The van der Waals surface area contributed by atoms with E-state index in [1.165, 1.54) is 11.4 Å². The van der Waals surface area contributed by atoms with Gasteiger partial charge in [0.25, 0.3) is 0 Å². The number of para-hydroxylation sites is 1. The molecule has 7 rings (SSSR count). The predicted octanol–water partition coefficient (Wildman–Crippen LogP) is 10.3. The minimum Gasteiger partial charge on any atom is -0.501 e. The van der Waals surface area contributed by atoms with Crippen LogP contribution in [0.1, 0.15) is 30.4 Å². The molecule has 0 atom stereocenters. The number of furan rings is 1. The summed E-state index contributed by atoms with van der Waals surface area (Å²) in [5, 5.41) is 4.38. The van der Waals surface area contributed by atoms with Gasteiger partial charge in [-0.25, -0.2) is 4.98 Å². The SMILES string of the molecule is C[Si](C)(C)c1cnc(-c2[c-]cccc2)c(-c2nc([Si](C)(C)C)co2)c1.[2H]c1cnc(-c2[c-]ccc3c2oc2ccccc23)cc1C([2H])([2H])C(C)(C)C.[Ir]. The summed E-state index contributed by atoms with van der Waals surface area (Å²) in [5.41, 5.74) is 5.17. The minimum absolute atomic E-state index is 0. The second kappa shape index (κ2) is 14.7. The van der Waals surface area contributed by atoms with E-state index in [4.69, 9.17) is 22.9 Å². The molecule has 0 saturated heterocycles. The quantitative estimate of drug-likeness (QED) is 0.123. The van der Waals surface area contributed by atoms with E-state index in [9.17, 15) is 0 Å². The van der Waals surface area contributed by atoms with E-state index in [-0.39, 0.29) is 26.1 Å². The van der Waals surface area contributed by atoms with Gasteiger partial charge in [-0.3, -0.25) is 0 Å². The third kappa shape index (κ3) is 8.49. The number of oxazole rings is 1. The first-order valence-electron chi connectivity index (χ1n) is 18.1. The normalized spacial score (nSPS) is 13.2. The maximum absolute atomic E-state index is 8.55. The van der Waals surface area contributed by atoms with Crippen molar-refractivity contribution in [1.29, 1.82) is 0 Å². The van der Waals surface area contributed by atoms with Crippen LogP contribution in [0.4, 0.5) is 0 Å². The Hall–Kier alpha value is -3.95. The fourth-order valence-electron chi connectivity index (χ4n) is 5.42. The minimum atomic E-state index is -1.68. The number of hydrogen-bond donors (Lipinski definition) is 0. The number of nitrogens with zero attached hydrogens (tertiary/aromatic N) is 3. The van der Waals surface area contributed by atoms with E-state index < -0.39 is 27.9 Å². The fraction of sp³-hybridized carbons (Fsp3) is 0.262. The van der Waals surface area contributed by atoms with E-state index >= 15 is 0 Å². The molecular formula is C42H45IrN3O2Si2-2. The van der Waals surface area contributed by atoms with E-state index in [1.54, 1.807) is 6.07 Å². The smallest absolute Gasteiger partial charge is 0.218 e. The van der Waals surface area contributed by atoms with Crippen LogP contribution >= 0.6 is 0 Å². The molecule has 7 aromatic rings. The third-order valence-corrected chi connectivity index (χ3v) is 11.8. The zero-order valence-corrected chi connectivity index (χ0v) is 34.5. The molecule has 259 valence electrons. The van der Waals surface area contributed by atoms with Gasteiger partial charge < -0.3 is 18.8 Å². The second-order valence-corrected chi connectivity index (χ2v) is 25.4. The Bertz CT molecular complexity index is 2370. The van der Waals surface area contributed by atoms with Crippen molar-refractivity contribution in [1.82, 2.24) is 15.0 Å². The molecule has 0 unspecified atom stereocenters. The topological polar surface area (TPSA) is 65.0 Å². The average Bonchev–Trinajstić information content (AvgIpc) is 3.74. The first-order valence-corrected chi connectivity index (χ1v) is 23.6. The number of benzene rings is 3. The monoisotopic (exact) mass is 875 g/mol. The molecule has 0 amide bonds. The first-order chi connectivity index (χ1) is 24.4. The Morgan fingerprint density at radius 2 is 1.62 bits per heavy atom. The Morgan fingerprint density at radius 1 is 0.860 bits per heavy atom. The van der Waals surface area contributed by atoms with Crippen molar-refractivity contribution in [2.75, 3.05) is 0 Å². The second-order valence-electron chi connectivity index (χ2n) is 15.3. The van der Waals surface area contributed by atoms with E-state index in [0.717, 1.165) is 38.5 Å². The molecule has 0 saturated carbocycles. The molecule has 50 heavy (non-hydrogen) atoms. The van der Waals surface area contributed by atoms with Gasteiger partial charge in [-0.15, -0.1) is 54.1 Å². The van der Waals surface area contributed by atoms with Gasteiger partial charge in [0, 0.05) is 51.9 Å². The molecule has 5 nitrogen and oxygen atoms in total. The summed E-state index contributed by atoms with van der Waals surface area (Å²) in [6, 6.07) is 30.0. The largest absolute Gasteiger partial charge is 0.501 e. The molecule has 0 spiro atoms. The summed E-state index contributed by atoms with van der Waals surface area (Å²) in [6.45, 7) is 19.3. The summed E-state index contributed by atoms with van der Waals surface area (Å²) in [6.07, 6.45) is 3.56. The Labute approximate surface area is 316 Å². The van der Waals surface area contributed by atoms with E-state index in [0.29, 0.717) is 28.3 Å². The Morgan fingerprint density at radius 3 is 2.30 bits per heavy atom. The van der Waals surface area contributed by atoms with Crippen molar-refractivity contribution in [2.45, 2.75) is 66.4 Å². The van der Waals surface area contributed by atoms with Crippen LogP contribution in [0.5, 0.6) is 0 Å². The first kappa shape index (κ1) is 33.2. The molecule has 0 N–H and O–H groups in total. The van der Waals surface area contributed by atoms with Crippen LogP contribution in [0.15, 0.2) is 106 Å². The summed E-state index contributed by atoms with van der Waals surface area (Å²) >= 11 is 0. The van der Waals surface area contributed by atoms with Gasteiger partial charge in [0.1, 0.15) is 19.9 Å². The van der Waals surface area contributed by atoms with Crippen molar-refractivity contribution in [3.8, 4) is 34.0 Å². The summed E-state index contributed by atoms with van der Waals surface area (Å²) < 4.78 is 37.2. The van der Waals surface area contributed by atoms with Crippen LogP contribution in [0.25, 0.3) is 55.9 Å². The molecule has 0 aliphatic carbocycles. The molecule has 1 radical (unpaired) electrons. The van der Waals surface area contributed by atoms with Gasteiger partial charge in [0.2, 0.25) is 5.89 Å². The molecule has 0 fully saturated rings. The molecule has 3 aromatic carbocycles. The molecule has 0 bridgehead atoms. The van der Waals surface area contributed by atoms with Gasteiger partial charge in [0.15, 0.2) is 0 Å². The molecule has 4 heterocycles. The van der Waals surface area contributed by atoms with Crippen LogP contribution in [-0.4, -0.2) is 31.1 Å². The number of pyridine rings is 2. The number of fused-ring (bicyclic) bond motifs is 3. The summed E-state index contributed by atoms with van der Waals surface area (Å²) in [5.74, 6) is 0.664. The van der Waals surface area contributed by atoms with Crippen LogP contribution in [0.3, 0.4) is 0 Å². The number of hydrogen-bond acceptors (Lipinski definition) is 5. The van der Waals surface area contributed by atoms with Gasteiger partial charge in [-0.05, 0) is 34.8 Å². The van der Waals surface area contributed by atoms with Crippen molar-refractivity contribution in [3.63, 3.8) is 0 Å². The van der Waals surface area contributed by atoms with Gasteiger partial charge in [-0.1, -0.05) is 107 Å². The molecular weight excluding hydrogens is 827 g/mol.